The highest BCUT2D eigenvalue weighted by molar-refractivity contribution is 5.94. The first kappa shape index (κ1) is 13.5. The van der Waals surface area contributed by atoms with Gasteiger partial charge >= 0.3 is 0 Å². The minimum atomic E-state index is 0.106. The SMILES string of the molecule is Cc1cc(N2CCN(C(=O)c3ccccc3)CC2)ncn1. The van der Waals surface area contributed by atoms with Crippen LogP contribution in [0.4, 0.5) is 5.82 Å². The Hall–Kier alpha value is -2.43. The van der Waals surface area contributed by atoms with Crippen molar-refractivity contribution < 1.29 is 4.79 Å². The Balaban J connectivity index is 1.64. The molecule has 1 fully saturated rings. The molecule has 0 aliphatic carbocycles. The number of amides is 1. The zero-order valence-electron chi connectivity index (χ0n) is 12.1. The maximum Gasteiger partial charge on any atom is 0.253 e. The molecule has 0 saturated carbocycles. The highest BCUT2D eigenvalue weighted by Crippen LogP contribution is 2.15. The predicted molar refractivity (Wildman–Crippen MR) is 81.3 cm³/mol. The summed E-state index contributed by atoms with van der Waals surface area (Å²) >= 11 is 0. The van der Waals surface area contributed by atoms with Crippen LogP contribution in [0.2, 0.25) is 0 Å². The van der Waals surface area contributed by atoms with Crippen molar-refractivity contribution in [3.8, 4) is 0 Å². The van der Waals surface area contributed by atoms with Gasteiger partial charge in [-0.05, 0) is 19.1 Å². The number of benzene rings is 1. The number of carbonyl (C=O) groups is 1. The summed E-state index contributed by atoms with van der Waals surface area (Å²) < 4.78 is 0. The van der Waals surface area contributed by atoms with Crippen molar-refractivity contribution in [1.29, 1.82) is 0 Å². The molecule has 0 radical (unpaired) electrons. The summed E-state index contributed by atoms with van der Waals surface area (Å²) in [6.45, 7) is 5.00. The molecular weight excluding hydrogens is 264 g/mol. The van der Waals surface area contributed by atoms with E-state index in [1.165, 1.54) is 0 Å². The van der Waals surface area contributed by atoms with Crippen molar-refractivity contribution in [2.75, 3.05) is 31.1 Å². The van der Waals surface area contributed by atoms with Gasteiger partial charge in [-0.15, -0.1) is 0 Å². The lowest BCUT2D eigenvalue weighted by Crippen LogP contribution is -2.49. The molecule has 2 aromatic rings. The van der Waals surface area contributed by atoms with Gasteiger partial charge in [0.2, 0.25) is 0 Å². The molecule has 0 bridgehead atoms. The van der Waals surface area contributed by atoms with Gasteiger partial charge in [0, 0.05) is 43.5 Å². The first-order chi connectivity index (χ1) is 10.2. The molecule has 0 unspecified atom stereocenters. The van der Waals surface area contributed by atoms with Gasteiger partial charge in [-0.25, -0.2) is 9.97 Å². The summed E-state index contributed by atoms with van der Waals surface area (Å²) in [6.07, 6.45) is 1.59. The van der Waals surface area contributed by atoms with Crippen LogP contribution in [0, 0.1) is 6.92 Å². The van der Waals surface area contributed by atoms with E-state index in [0.29, 0.717) is 0 Å². The molecular formula is C16H18N4O. The molecule has 1 aliphatic rings. The lowest BCUT2D eigenvalue weighted by atomic mass is 10.2. The van der Waals surface area contributed by atoms with Crippen molar-refractivity contribution in [3.63, 3.8) is 0 Å². The number of aryl methyl sites for hydroxylation is 1. The van der Waals surface area contributed by atoms with Crippen molar-refractivity contribution >= 4 is 11.7 Å². The topological polar surface area (TPSA) is 49.3 Å². The fourth-order valence-electron chi connectivity index (χ4n) is 2.52. The number of rotatable bonds is 2. The van der Waals surface area contributed by atoms with Gasteiger partial charge in [-0.1, -0.05) is 18.2 Å². The summed E-state index contributed by atoms with van der Waals surface area (Å²) in [4.78, 5) is 24.9. The summed E-state index contributed by atoms with van der Waals surface area (Å²) in [7, 11) is 0. The Morgan fingerprint density at radius 2 is 1.76 bits per heavy atom. The van der Waals surface area contributed by atoms with Crippen molar-refractivity contribution in [3.05, 3.63) is 54.0 Å². The number of piperazine rings is 1. The molecule has 108 valence electrons. The summed E-state index contributed by atoms with van der Waals surface area (Å²) in [5, 5.41) is 0. The van der Waals surface area contributed by atoms with Crippen LogP contribution in [-0.2, 0) is 0 Å². The molecule has 1 aliphatic heterocycles. The average molecular weight is 282 g/mol. The van der Waals surface area contributed by atoms with Crippen LogP contribution in [0.1, 0.15) is 16.1 Å². The van der Waals surface area contributed by atoms with E-state index in [1.807, 2.05) is 48.2 Å². The molecule has 1 amide bonds. The third-order valence-corrected chi connectivity index (χ3v) is 3.70. The summed E-state index contributed by atoms with van der Waals surface area (Å²) in [6, 6.07) is 11.4. The first-order valence-electron chi connectivity index (χ1n) is 7.12. The van der Waals surface area contributed by atoms with E-state index in [0.717, 1.165) is 43.3 Å². The Labute approximate surface area is 124 Å². The maximum absolute atomic E-state index is 12.4. The second-order valence-corrected chi connectivity index (χ2v) is 5.16. The molecule has 21 heavy (non-hydrogen) atoms. The molecule has 5 heteroatoms. The number of anilines is 1. The zero-order valence-corrected chi connectivity index (χ0v) is 12.1. The van der Waals surface area contributed by atoms with Gasteiger partial charge in [0.25, 0.3) is 5.91 Å². The lowest BCUT2D eigenvalue weighted by Gasteiger charge is -2.35. The summed E-state index contributed by atoms with van der Waals surface area (Å²) in [5.74, 6) is 1.04. The van der Waals surface area contributed by atoms with Gasteiger partial charge in [-0.3, -0.25) is 4.79 Å². The molecule has 0 N–H and O–H groups in total. The van der Waals surface area contributed by atoms with Gasteiger partial charge in [0.1, 0.15) is 12.1 Å². The highest BCUT2D eigenvalue weighted by Gasteiger charge is 2.22. The Morgan fingerprint density at radius 1 is 1.05 bits per heavy atom. The predicted octanol–water partition coefficient (Wildman–Crippen LogP) is 1.75. The van der Waals surface area contributed by atoms with E-state index in [2.05, 4.69) is 14.9 Å². The quantitative estimate of drug-likeness (QED) is 0.842. The Bertz CT molecular complexity index is 621. The maximum atomic E-state index is 12.4. The number of hydrogen-bond acceptors (Lipinski definition) is 4. The highest BCUT2D eigenvalue weighted by atomic mass is 16.2. The number of hydrogen-bond donors (Lipinski definition) is 0. The molecule has 1 aromatic heterocycles. The third-order valence-electron chi connectivity index (χ3n) is 3.70. The van der Waals surface area contributed by atoms with E-state index >= 15 is 0 Å². The molecule has 0 atom stereocenters. The van der Waals surface area contributed by atoms with Gasteiger partial charge < -0.3 is 9.80 Å². The Morgan fingerprint density at radius 3 is 2.43 bits per heavy atom. The monoisotopic (exact) mass is 282 g/mol. The first-order valence-corrected chi connectivity index (χ1v) is 7.12. The van der Waals surface area contributed by atoms with Crippen LogP contribution >= 0.6 is 0 Å². The minimum Gasteiger partial charge on any atom is -0.353 e. The van der Waals surface area contributed by atoms with Crippen LogP contribution in [0.25, 0.3) is 0 Å². The van der Waals surface area contributed by atoms with Crippen molar-refractivity contribution in [2.45, 2.75) is 6.92 Å². The molecule has 5 nitrogen and oxygen atoms in total. The smallest absolute Gasteiger partial charge is 0.253 e. The van der Waals surface area contributed by atoms with Crippen LogP contribution in [0.5, 0.6) is 0 Å². The van der Waals surface area contributed by atoms with Crippen LogP contribution < -0.4 is 4.90 Å². The molecule has 3 rings (SSSR count). The minimum absolute atomic E-state index is 0.106. The zero-order chi connectivity index (χ0) is 14.7. The molecule has 2 heterocycles. The number of nitrogens with zero attached hydrogens (tertiary/aromatic N) is 4. The standard InChI is InChI=1S/C16H18N4O/c1-13-11-15(18-12-17-13)19-7-9-20(10-8-19)16(21)14-5-3-2-4-6-14/h2-6,11-12H,7-10H2,1H3. The van der Waals surface area contributed by atoms with Crippen LogP contribution in [0.3, 0.4) is 0 Å². The number of aromatic nitrogens is 2. The van der Waals surface area contributed by atoms with E-state index in [4.69, 9.17) is 0 Å². The fourth-order valence-corrected chi connectivity index (χ4v) is 2.52. The average Bonchev–Trinajstić information content (AvgIpc) is 2.55. The second-order valence-electron chi connectivity index (χ2n) is 5.16. The van der Waals surface area contributed by atoms with Crippen molar-refractivity contribution in [2.24, 2.45) is 0 Å². The normalized spacial score (nSPS) is 15.1. The molecule has 0 spiro atoms. The van der Waals surface area contributed by atoms with Gasteiger partial charge in [0.15, 0.2) is 0 Å². The van der Waals surface area contributed by atoms with Crippen LogP contribution in [-0.4, -0.2) is 47.0 Å². The third kappa shape index (κ3) is 3.02. The molecule has 1 saturated heterocycles. The largest absolute Gasteiger partial charge is 0.353 e. The molecule has 1 aromatic carbocycles. The van der Waals surface area contributed by atoms with E-state index in [-0.39, 0.29) is 5.91 Å². The van der Waals surface area contributed by atoms with Crippen molar-refractivity contribution in [1.82, 2.24) is 14.9 Å². The van der Waals surface area contributed by atoms with E-state index < -0.39 is 0 Å². The Kier molecular flexibility index (Phi) is 3.81. The van der Waals surface area contributed by atoms with E-state index in [9.17, 15) is 4.79 Å². The lowest BCUT2D eigenvalue weighted by molar-refractivity contribution is 0.0746. The second kappa shape index (κ2) is 5.91. The number of carbonyl (C=O) groups excluding carboxylic acids is 1. The fraction of sp³-hybridized carbons (Fsp3) is 0.312. The van der Waals surface area contributed by atoms with E-state index in [1.54, 1.807) is 6.33 Å². The summed E-state index contributed by atoms with van der Waals surface area (Å²) in [5.41, 5.74) is 1.71. The van der Waals surface area contributed by atoms with Crippen LogP contribution in [0.15, 0.2) is 42.7 Å². The van der Waals surface area contributed by atoms with Gasteiger partial charge in [-0.2, -0.15) is 0 Å². The van der Waals surface area contributed by atoms with Gasteiger partial charge in [0.05, 0.1) is 0 Å².